The van der Waals surface area contributed by atoms with Gasteiger partial charge >= 0.3 is 0 Å². The summed E-state index contributed by atoms with van der Waals surface area (Å²) in [4.78, 5) is 20.5. The third-order valence-corrected chi connectivity index (χ3v) is 6.34. The Labute approximate surface area is 162 Å². The minimum absolute atomic E-state index is 0.231. The second-order valence-electron chi connectivity index (χ2n) is 6.57. The largest absolute Gasteiger partial charge is 0.298 e. The Kier molecular flexibility index (Phi) is 6.00. The van der Waals surface area contributed by atoms with Gasteiger partial charge in [0.1, 0.15) is 0 Å². The summed E-state index contributed by atoms with van der Waals surface area (Å²) >= 11 is 13.4. The zero-order chi connectivity index (χ0) is 18.0. The van der Waals surface area contributed by atoms with Crippen LogP contribution in [0.4, 0.5) is 5.13 Å². The van der Waals surface area contributed by atoms with Gasteiger partial charge in [0.15, 0.2) is 5.13 Å². The van der Waals surface area contributed by atoms with Gasteiger partial charge in [-0.25, -0.2) is 4.98 Å². The van der Waals surface area contributed by atoms with Crippen LogP contribution < -0.4 is 5.32 Å². The zero-order valence-electron chi connectivity index (χ0n) is 14.3. The first kappa shape index (κ1) is 18.6. The number of nitrogens with one attached hydrogen (secondary N) is 1. The predicted molar refractivity (Wildman–Crippen MR) is 105 cm³/mol. The molecule has 1 aromatic heterocycles. The van der Waals surface area contributed by atoms with Gasteiger partial charge in [-0.15, -0.1) is 11.3 Å². The normalized spacial score (nSPS) is 16.2. The van der Waals surface area contributed by atoms with Gasteiger partial charge < -0.3 is 0 Å². The topological polar surface area (TPSA) is 45.2 Å². The lowest BCUT2D eigenvalue weighted by Crippen LogP contribution is -2.32. The Morgan fingerprint density at radius 2 is 2.04 bits per heavy atom. The van der Waals surface area contributed by atoms with E-state index < -0.39 is 0 Å². The van der Waals surface area contributed by atoms with Gasteiger partial charge in [0.2, 0.25) is 0 Å². The number of piperidine rings is 1. The maximum Gasteiger partial charge on any atom is 0.257 e. The van der Waals surface area contributed by atoms with E-state index in [2.05, 4.69) is 22.1 Å². The van der Waals surface area contributed by atoms with Crippen molar-refractivity contribution in [3.63, 3.8) is 0 Å². The van der Waals surface area contributed by atoms with E-state index in [1.165, 1.54) is 17.7 Å². The number of nitrogens with zero attached hydrogens (tertiary/aromatic N) is 2. The summed E-state index contributed by atoms with van der Waals surface area (Å²) in [5.41, 5.74) is 1.45. The molecule has 4 nitrogen and oxygen atoms in total. The standard InChI is InChI=1S/C18H21Cl2N3OS/c1-11-5-7-23(8-6-11)10-16-12(2)21-18(25-16)22-17(24)13-3-4-14(19)15(20)9-13/h3-4,9,11H,5-8,10H2,1-2H3,(H,21,22,24). The lowest BCUT2D eigenvalue weighted by atomic mass is 9.99. The molecule has 1 saturated heterocycles. The number of likely N-dealkylation sites (tertiary alicyclic amines) is 1. The minimum atomic E-state index is -0.231. The lowest BCUT2D eigenvalue weighted by molar-refractivity contribution is 0.102. The summed E-state index contributed by atoms with van der Waals surface area (Å²) < 4.78 is 0. The molecule has 0 bridgehead atoms. The van der Waals surface area contributed by atoms with Crippen LogP contribution >= 0.6 is 34.5 Å². The summed E-state index contributed by atoms with van der Waals surface area (Å²) in [7, 11) is 0. The summed E-state index contributed by atoms with van der Waals surface area (Å²) in [5.74, 6) is 0.588. The van der Waals surface area contributed by atoms with E-state index in [-0.39, 0.29) is 5.91 Å². The molecule has 1 fully saturated rings. The van der Waals surface area contributed by atoms with E-state index in [0.717, 1.165) is 31.2 Å². The second-order valence-corrected chi connectivity index (χ2v) is 8.47. The van der Waals surface area contributed by atoms with Crippen molar-refractivity contribution in [1.29, 1.82) is 0 Å². The van der Waals surface area contributed by atoms with Crippen molar-refractivity contribution in [2.24, 2.45) is 5.92 Å². The van der Waals surface area contributed by atoms with Crippen LogP contribution in [0, 0.1) is 12.8 Å². The van der Waals surface area contributed by atoms with Crippen LogP contribution in [0.3, 0.4) is 0 Å². The fraction of sp³-hybridized carbons (Fsp3) is 0.444. The molecule has 0 saturated carbocycles. The first-order valence-corrected chi connectivity index (χ1v) is 9.94. The first-order chi connectivity index (χ1) is 11.9. The van der Waals surface area contributed by atoms with Gasteiger partial charge in [0, 0.05) is 17.0 Å². The Morgan fingerprint density at radius 1 is 1.32 bits per heavy atom. The van der Waals surface area contributed by atoms with E-state index in [1.807, 2.05) is 6.92 Å². The number of halogens is 2. The number of rotatable bonds is 4. The number of carbonyl (C=O) groups is 1. The molecule has 1 aromatic carbocycles. The number of hydrogen-bond donors (Lipinski definition) is 1. The molecule has 0 spiro atoms. The monoisotopic (exact) mass is 397 g/mol. The summed E-state index contributed by atoms with van der Waals surface area (Å²) in [6, 6.07) is 4.84. The molecule has 1 aliphatic heterocycles. The highest BCUT2D eigenvalue weighted by Gasteiger charge is 2.19. The van der Waals surface area contributed by atoms with Crippen LogP contribution in [0.15, 0.2) is 18.2 Å². The van der Waals surface area contributed by atoms with Gasteiger partial charge in [-0.1, -0.05) is 30.1 Å². The maximum atomic E-state index is 12.4. The van der Waals surface area contributed by atoms with Gasteiger partial charge in [-0.3, -0.25) is 15.0 Å². The van der Waals surface area contributed by atoms with Crippen molar-refractivity contribution >= 4 is 45.6 Å². The molecule has 0 atom stereocenters. The Balaban J connectivity index is 1.65. The maximum absolute atomic E-state index is 12.4. The number of aromatic nitrogens is 1. The summed E-state index contributed by atoms with van der Waals surface area (Å²) in [6.07, 6.45) is 2.50. The van der Waals surface area contributed by atoms with Crippen molar-refractivity contribution in [3.05, 3.63) is 44.4 Å². The highest BCUT2D eigenvalue weighted by atomic mass is 35.5. The van der Waals surface area contributed by atoms with Crippen molar-refractivity contribution in [2.75, 3.05) is 18.4 Å². The van der Waals surface area contributed by atoms with Crippen molar-refractivity contribution in [2.45, 2.75) is 33.2 Å². The van der Waals surface area contributed by atoms with E-state index in [9.17, 15) is 4.79 Å². The average Bonchev–Trinajstić information content (AvgIpc) is 2.91. The number of hydrogen-bond acceptors (Lipinski definition) is 4. The van der Waals surface area contributed by atoms with Crippen molar-refractivity contribution in [1.82, 2.24) is 9.88 Å². The number of benzene rings is 1. The van der Waals surface area contributed by atoms with Gasteiger partial charge in [-0.2, -0.15) is 0 Å². The third kappa shape index (κ3) is 4.73. The predicted octanol–water partition coefficient (Wildman–Crippen LogP) is 5.24. The molecule has 1 amide bonds. The number of thiazole rings is 1. The molecule has 0 unspecified atom stereocenters. The van der Waals surface area contributed by atoms with E-state index in [1.54, 1.807) is 29.5 Å². The molecular formula is C18H21Cl2N3OS. The number of amides is 1. The van der Waals surface area contributed by atoms with Crippen LogP contribution in [-0.4, -0.2) is 28.9 Å². The number of aryl methyl sites for hydroxylation is 1. The molecule has 0 radical (unpaired) electrons. The van der Waals surface area contributed by atoms with Crippen molar-refractivity contribution < 1.29 is 4.79 Å². The van der Waals surface area contributed by atoms with E-state index in [4.69, 9.17) is 23.2 Å². The van der Waals surface area contributed by atoms with Crippen molar-refractivity contribution in [3.8, 4) is 0 Å². The molecule has 2 aromatic rings. The lowest BCUT2D eigenvalue weighted by Gasteiger charge is -2.29. The number of carbonyl (C=O) groups excluding carboxylic acids is 1. The second kappa shape index (κ2) is 8.04. The Morgan fingerprint density at radius 3 is 2.72 bits per heavy atom. The smallest absolute Gasteiger partial charge is 0.257 e. The first-order valence-electron chi connectivity index (χ1n) is 8.37. The molecule has 0 aliphatic carbocycles. The highest BCUT2D eigenvalue weighted by molar-refractivity contribution is 7.15. The average molecular weight is 398 g/mol. The van der Waals surface area contributed by atoms with Gasteiger partial charge in [0.05, 0.1) is 15.7 Å². The van der Waals surface area contributed by atoms with E-state index >= 15 is 0 Å². The third-order valence-electron chi connectivity index (χ3n) is 4.54. The fourth-order valence-electron chi connectivity index (χ4n) is 2.86. The molecular weight excluding hydrogens is 377 g/mol. The van der Waals surface area contributed by atoms with E-state index in [0.29, 0.717) is 20.7 Å². The molecule has 3 rings (SSSR count). The fourth-order valence-corrected chi connectivity index (χ4v) is 4.16. The Hall–Kier alpha value is -1.14. The zero-order valence-corrected chi connectivity index (χ0v) is 16.6. The minimum Gasteiger partial charge on any atom is -0.298 e. The summed E-state index contributed by atoms with van der Waals surface area (Å²) in [6.45, 7) is 7.46. The molecule has 134 valence electrons. The molecule has 1 N–H and O–H groups in total. The van der Waals surface area contributed by atoms with Gasteiger partial charge in [-0.05, 0) is 57.0 Å². The van der Waals surface area contributed by atoms with Crippen LogP contribution in [0.5, 0.6) is 0 Å². The molecule has 25 heavy (non-hydrogen) atoms. The van der Waals surface area contributed by atoms with Crippen LogP contribution in [0.25, 0.3) is 0 Å². The molecule has 1 aliphatic rings. The summed E-state index contributed by atoms with van der Waals surface area (Å²) in [5, 5.41) is 4.28. The van der Waals surface area contributed by atoms with Crippen LogP contribution in [-0.2, 0) is 6.54 Å². The number of anilines is 1. The Bertz CT molecular complexity index is 770. The molecule has 2 heterocycles. The SMILES string of the molecule is Cc1nc(NC(=O)c2ccc(Cl)c(Cl)c2)sc1CN1CCC(C)CC1. The van der Waals surface area contributed by atoms with Crippen LogP contribution in [0.2, 0.25) is 10.0 Å². The van der Waals surface area contributed by atoms with Gasteiger partial charge in [0.25, 0.3) is 5.91 Å². The molecule has 7 heteroatoms. The van der Waals surface area contributed by atoms with Crippen LogP contribution in [0.1, 0.15) is 40.7 Å². The highest BCUT2D eigenvalue weighted by Crippen LogP contribution is 2.27. The quantitative estimate of drug-likeness (QED) is 0.766.